The molecule has 4 nitrogen and oxygen atoms in total. The Hall–Kier alpha value is -0.770. The number of rotatable bonds is 6. The fourth-order valence-electron chi connectivity index (χ4n) is 9.26. The highest BCUT2D eigenvalue weighted by molar-refractivity contribution is 5.77. The van der Waals surface area contributed by atoms with Crippen molar-refractivity contribution in [1.82, 2.24) is 5.12 Å². The molecule has 4 aliphatic carbocycles. The number of hydrazone groups is 1. The molecule has 0 spiro atoms. The lowest BCUT2D eigenvalue weighted by Crippen LogP contribution is -2.49. The number of nitrogens with two attached hydrogens (primary N) is 2. The van der Waals surface area contributed by atoms with Gasteiger partial charge in [0.1, 0.15) is 5.84 Å². The maximum atomic E-state index is 6.13. The molecule has 4 heteroatoms. The van der Waals surface area contributed by atoms with Crippen LogP contribution in [0.15, 0.2) is 5.10 Å². The highest BCUT2D eigenvalue weighted by Gasteiger charge is 2.57. The van der Waals surface area contributed by atoms with Gasteiger partial charge in [0.2, 0.25) is 0 Å². The molecule has 172 valence electrons. The summed E-state index contributed by atoms with van der Waals surface area (Å²) in [5.74, 6) is 14.2. The van der Waals surface area contributed by atoms with Crippen LogP contribution in [0, 0.1) is 52.8 Å². The molecule has 0 aromatic rings. The maximum Gasteiger partial charge on any atom is 0.118 e. The van der Waals surface area contributed by atoms with Gasteiger partial charge in [0.05, 0.1) is 6.54 Å². The quantitative estimate of drug-likeness (QED) is 0.250. The summed E-state index contributed by atoms with van der Waals surface area (Å²) < 4.78 is 0. The lowest BCUT2D eigenvalue weighted by Gasteiger charge is -2.57. The fourth-order valence-corrected chi connectivity index (χ4v) is 9.26. The van der Waals surface area contributed by atoms with Crippen molar-refractivity contribution in [2.24, 2.45) is 69.4 Å². The Balaban J connectivity index is 1.42. The van der Waals surface area contributed by atoms with Gasteiger partial charge in [-0.15, -0.1) is 5.10 Å². The van der Waals surface area contributed by atoms with Crippen molar-refractivity contribution in [3.8, 4) is 0 Å². The molecule has 0 bridgehead atoms. The summed E-state index contributed by atoms with van der Waals surface area (Å²) in [5, 5.41) is 5.84. The zero-order valence-electron chi connectivity index (χ0n) is 20.2. The van der Waals surface area contributed by atoms with Gasteiger partial charge in [0.25, 0.3) is 0 Å². The molecule has 8 unspecified atom stereocenters. The Bertz CT molecular complexity index is 614. The predicted molar refractivity (Wildman–Crippen MR) is 126 cm³/mol. The molecule has 4 saturated carbocycles. The number of hydrazine groups is 1. The second kappa shape index (κ2) is 9.00. The molecule has 0 aliphatic heterocycles. The first-order valence-corrected chi connectivity index (χ1v) is 13.2. The molecule has 0 aromatic carbocycles. The van der Waals surface area contributed by atoms with E-state index in [0.717, 1.165) is 48.0 Å². The Morgan fingerprint density at radius 2 is 1.83 bits per heavy atom. The van der Waals surface area contributed by atoms with E-state index in [0.29, 0.717) is 17.2 Å². The van der Waals surface area contributed by atoms with E-state index in [1.165, 1.54) is 57.8 Å². The first kappa shape index (κ1) is 22.4. The largest absolute Gasteiger partial charge is 0.386 e. The molecule has 0 aromatic heterocycles. The van der Waals surface area contributed by atoms with E-state index in [2.05, 4.69) is 25.9 Å². The monoisotopic (exact) mass is 416 g/mol. The van der Waals surface area contributed by atoms with E-state index < -0.39 is 0 Å². The summed E-state index contributed by atoms with van der Waals surface area (Å²) >= 11 is 0. The molecule has 4 N–H and O–H groups in total. The number of hydrogen-bond acceptors (Lipinski definition) is 3. The van der Waals surface area contributed by atoms with E-state index in [1.54, 1.807) is 18.0 Å². The summed E-state index contributed by atoms with van der Waals surface area (Å²) in [6.45, 7) is 10.0. The third kappa shape index (κ3) is 4.14. The van der Waals surface area contributed by atoms with Crippen LogP contribution in [0.4, 0.5) is 0 Å². The van der Waals surface area contributed by atoms with Crippen molar-refractivity contribution < 1.29 is 0 Å². The molecule has 4 rings (SSSR count). The average Bonchev–Trinajstić information content (AvgIpc) is 3.04. The fraction of sp³-hybridized carbons (Fsp3) is 0.962. The molecule has 9 atom stereocenters. The zero-order chi connectivity index (χ0) is 21.5. The van der Waals surface area contributed by atoms with Crippen LogP contribution in [0.25, 0.3) is 0 Å². The maximum absolute atomic E-state index is 6.13. The topological polar surface area (TPSA) is 67.6 Å². The van der Waals surface area contributed by atoms with Crippen LogP contribution in [0.5, 0.6) is 0 Å². The van der Waals surface area contributed by atoms with Gasteiger partial charge in [-0.1, -0.05) is 40.0 Å². The second-order valence-corrected chi connectivity index (χ2v) is 12.0. The summed E-state index contributed by atoms with van der Waals surface area (Å²) in [7, 11) is 0. The van der Waals surface area contributed by atoms with E-state index in [9.17, 15) is 0 Å². The standard InChI is InChI=1S/C26H48N4/c1-5-6-19-7-9-21-20(15-19)8-10-23-22(21)13-14-26(4)24(11-12-25(23)26)17(2)16-30(28)29-18(3)27/h17,19-25H,5-16,28H2,1-4H3,(H2,27,29)/t17?,19?,20?,21?,22?,23?,24-,25?,26?/m1/s1. The number of fused-ring (bicyclic) bond motifs is 5. The van der Waals surface area contributed by atoms with Gasteiger partial charge in [-0.3, -0.25) is 0 Å². The zero-order valence-corrected chi connectivity index (χ0v) is 20.2. The summed E-state index contributed by atoms with van der Waals surface area (Å²) in [4.78, 5) is 0. The summed E-state index contributed by atoms with van der Waals surface area (Å²) in [6, 6.07) is 0. The average molecular weight is 417 g/mol. The van der Waals surface area contributed by atoms with Gasteiger partial charge in [-0.05, 0) is 111 Å². The van der Waals surface area contributed by atoms with Gasteiger partial charge in [0.15, 0.2) is 0 Å². The van der Waals surface area contributed by atoms with Crippen LogP contribution in [0.1, 0.15) is 98.3 Å². The molecular weight excluding hydrogens is 368 g/mol. The van der Waals surface area contributed by atoms with Crippen LogP contribution in [-0.4, -0.2) is 17.5 Å². The van der Waals surface area contributed by atoms with Crippen molar-refractivity contribution in [1.29, 1.82) is 0 Å². The number of nitrogens with zero attached hydrogens (tertiary/aromatic N) is 2. The van der Waals surface area contributed by atoms with Gasteiger partial charge >= 0.3 is 0 Å². The van der Waals surface area contributed by atoms with E-state index in [1.807, 2.05) is 6.92 Å². The van der Waals surface area contributed by atoms with Crippen molar-refractivity contribution in [2.45, 2.75) is 98.3 Å². The Morgan fingerprint density at radius 3 is 2.57 bits per heavy atom. The van der Waals surface area contributed by atoms with Gasteiger partial charge in [-0.25, -0.2) is 11.0 Å². The highest BCUT2D eigenvalue weighted by atomic mass is 15.6. The minimum Gasteiger partial charge on any atom is -0.386 e. The minimum atomic E-state index is 0.509. The molecule has 0 radical (unpaired) electrons. The first-order valence-electron chi connectivity index (χ1n) is 13.2. The van der Waals surface area contributed by atoms with Crippen LogP contribution in [0.3, 0.4) is 0 Å². The van der Waals surface area contributed by atoms with Crippen molar-refractivity contribution in [3.63, 3.8) is 0 Å². The lowest BCUT2D eigenvalue weighted by atomic mass is 9.48. The normalized spacial score (nSPS) is 44.7. The predicted octanol–water partition coefficient (Wildman–Crippen LogP) is 5.78. The third-order valence-corrected chi connectivity index (χ3v) is 10.3. The van der Waals surface area contributed by atoms with Crippen molar-refractivity contribution in [3.05, 3.63) is 0 Å². The SMILES string of the molecule is CCCC1CCC2C(CCC3C2CCC2(C)C3CC[C@@H]2C(C)CN(N)/N=C(/C)N)C1. The molecule has 4 fully saturated rings. The Labute approximate surface area is 185 Å². The molecular formula is C26H48N4. The van der Waals surface area contributed by atoms with Crippen LogP contribution >= 0.6 is 0 Å². The van der Waals surface area contributed by atoms with E-state index in [-0.39, 0.29) is 0 Å². The lowest BCUT2D eigenvalue weighted by molar-refractivity contribution is -0.0754. The van der Waals surface area contributed by atoms with Crippen molar-refractivity contribution in [2.75, 3.05) is 6.54 Å². The minimum absolute atomic E-state index is 0.509. The Kier molecular flexibility index (Phi) is 6.73. The summed E-state index contributed by atoms with van der Waals surface area (Å²) in [6.07, 6.45) is 16.3. The second-order valence-electron chi connectivity index (χ2n) is 12.0. The van der Waals surface area contributed by atoms with E-state index >= 15 is 0 Å². The number of hydrogen-bond donors (Lipinski definition) is 2. The van der Waals surface area contributed by atoms with Gasteiger partial charge in [-0.2, -0.15) is 0 Å². The molecule has 0 heterocycles. The molecule has 30 heavy (non-hydrogen) atoms. The highest BCUT2D eigenvalue weighted by Crippen LogP contribution is 2.65. The van der Waals surface area contributed by atoms with Gasteiger partial charge < -0.3 is 5.73 Å². The molecule has 0 amide bonds. The van der Waals surface area contributed by atoms with E-state index in [4.69, 9.17) is 11.6 Å². The third-order valence-electron chi connectivity index (χ3n) is 10.3. The van der Waals surface area contributed by atoms with Crippen LogP contribution in [-0.2, 0) is 0 Å². The number of amidine groups is 1. The van der Waals surface area contributed by atoms with Crippen LogP contribution < -0.4 is 11.6 Å². The molecule has 4 aliphatic rings. The smallest absolute Gasteiger partial charge is 0.118 e. The first-order chi connectivity index (χ1) is 14.3. The Morgan fingerprint density at radius 1 is 1.07 bits per heavy atom. The summed E-state index contributed by atoms with van der Waals surface area (Å²) in [5.41, 5.74) is 6.24. The van der Waals surface area contributed by atoms with Gasteiger partial charge in [0, 0.05) is 0 Å². The molecule has 0 saturated heterocycles. The van der Waals surface area contributed by atoms with Crippen LogP contribution in [0.2, 0.25) is 0 Å². The van der Waals surface area contributed by atoms with Crippen molar-refractivity contribution >= 4 is 5.84 Å².